The van der Waals surface area contributed by atoms with Crippen LogP contribution in [0.5, 0.6) is 0 Å². The van der Waals surface area contributed by atoms with Crippen LogP contribution in [0.3, 0.4) is 0 Å². The van der Waals surface area contributed by atoms with Crippen molar-refractivity contribution in [3.63, 3.8) is 0 Å². The summed E-state index contributed by atoms with van der Waals surface area (Å²) in [5.41, 5.74) is 1.97. The topological polar surface area (TPSA) is 68.3 Å². The maximum atomic E-state index is 12.8. The molecule has 0 radical (unpaired) electrons. The molecular weight excluding hydrogens is 304 g/mol. The standard InChI is InChI=1S/C17H20N6O/c1-13-10-19-22(11-13)12-16(24)23-7-3-2-4-15(23)14-5-8-21-9-6-18-17(21)20-14/h5-6,8-11,15H,2-4,7,12H2,1H3. The number of nitrogens with zero attached hydrogens (tertiary/aromatic N) is 6. The lowest BCUT2D eigenvalue weighted by atomic mass is 9.99. The molecule has 4 rings (SSSR count). The second kappa shape index (κ2) is 6.07. The van der Waals surface area contributed by atoms with Crippen LogP contribution in [0.25, 0.3) is 5.78 Å². The number of amides is 1. The molecule has 0 N–H and O–H groups in total. The Kier molecular flexibility index (Phi) is 3.76. The van der Waals surface area contributed by atoms with Gasteiger partial charge in [-0.05, 0) is 37.8 Å². The lowest BCUT2D eigenvalue weighted by Gasteiger charge is -2.35. The number of likely N-dealkylation sites (tertiary alicyclic amines) is 1. The molecule has 3 aromatic rings. The maximum Gasteiger partial charge on any atom is 0.244 e. The third kappa shape index (κ3) is 2.77. The predicted molar refractivity (Wildman–Crippen MR) is 88.3 cm³/mol. The lowest BCUT2D eigenvalue weighted by Crippen LogP contribution is -2.40. The number of imidazole rings is 1. The van der Waals surface area contributed by atoms with Gasteiger partial charge in [0.2, 0.25) is 11.7 Å². The van der Waals surface area contributed by atoms with E-state index in [1.807, 2.05) is 40.9 Å². The molecule has 4 heterocycles. The van der Waals surface area contributed by atoms with E-state index in [2.05, 4.69) is 15.1 Å². The van der Waals surface area contributed by atoms with E-state index in [1.165, 1.54) is 0 Å². The summed E-state index contributed by atoms with van der Waals surface area (Å²) in [6, 6.07) is 2.01. The van der Waals surface area contributed by atoms with Gasteiger partial charge in [0.1, 0.15) is 6.54 Å². The Balaban J connectivity index is 1.58. The number of piperidine rings is 1. The van der Waals surface area contributed by atoms with E-state index >= 15 is 0 Å². The van der Waals surface area contributed by atoms with Gasteiger partial charge >= 0.3 is 0 Å². The number of rotatable bonds is 3. The molecule has 1 saturated heterocycles. The predicted octanol–water partition coefficient (Wildman–Crippen LogP) is 1.99. The van der Waals surface area contributed by atoms with Crippen LogP contribution in [0.2, 0.25) is 0 Å². The average molecular weight is 324 g/mol. The number of carbonyl (C=O) groups is 1. The van der Waals surface area contributed by atoms with E-state index < -0.39 is 0 Å². The maximum absolute atomic E-state index is 12.8. The van der Waals surface area contributed by atoms with Crippen LogP contribution in [0.4, 0.5) is 0 Å². The number of aryl methyl sites for hydroxylation is 1. The number of hydrogen-bond acceptors (Lipinski definition) is 4. The molecule has 124 valence electrons. The summed E-state index contributed by atoms with van der Waals surface area (Å²) in [7, 11) is 0. The van der Waals surface area contributed by atoms with Crippen LogP contribution in [0.15, 0.2) is 37.1 Å². The molecule has 1 fully saturated rings. The average Bonchev–Trinajstić information content (AvgIpc) is 3.22. The zero-order valence-electron chi connectivity index (χ0n) is 13.7. The van der Waals surface area contributed by atoms with Gasteiger partial charge in [-0.25, -0.2) is 9.97 Å². The molecule has 0 aliphatic carbocycles. The number of hydrogen-bond donors (Lipinski definition) is 0. The first-order chi connectivity index (χ1) is 11.7. The van der Waals surface area contributed by atoms with Crippen molar-refractivity contribution in [2.45, 2.75) is 38.8 Å². The smallest absolute Gasteiger partial charge is 0.244 e. The van der Waals surface area contributed by atoms with Crippen molar-refractivity contribution >= 4 is 11.7 Å². The van der Waals surface area contributed by atoms with Crippen molar-refractivity contribution in [2.75, 3.05) is 6.54 Å². The molecule has 0 bridgehead atoms. The van der Waals surface area contributed by atoms with Gasteiger partial charge in [-0.15, -0.1) is 0 Å². The van der Waals surface area contributed by atoms with Crippen molar-refractivity contribution in [3.8, 4) is 0 Å². The highest BCUT2D eigenvalue weighted by atomic mass is 16.2. The van der Waals surface area contributed by atoms with Crippen molar-refractivity contribution < 1.29 is 4.79 Å². The van der Waals surface area contributed by atoms with Gasteiger partial charge in [0.25, 0.3) is 0 Å². The van der Waals surface area contributed by atoms with E-state index in [0.717, 1.165) is 37.1 Å². The normalized spacial score (nSPS) is 18.2. The van der Waals surface area contributed by atoms with Crippen LogP contribution in [-0.2, 0) is 11.3 Å². The Morgan fingerprint density at radius 2 is 2.25 bits per heavy atom. The molecule has 1 unspecified atom stereocenters. The van der Waals surface area contributed by atoms with Crippen molar-refractivity contribution in [2.24, 2.45) is 0 Å². The lowest BCUT2D eigenvalue weighted by molar-refractivity contribution is -0.136. The number of fused-ring (bicyclic) bond motifs is 1. The van der Waals surface area contributed by atoms with Gasteiger partial charge in [0, 0.05) is 31.3 Å². The molecular formula is C17H20N6O. The molecule has 1 amide bonds. The first kappa shape index (κ1) is 14.9. The molecule has 7 heteroatoms. The zero-order valence-corrected chi connectivity index (χ0v) is 13.7. The molecule has 0 saturated carbocycles. The largest absolute Gasteiger partial charge is 0.332 e. The molecule has 1 atom stereocenters. The monoisotopic (exact) mass is 324 g/mol. The summed E-state index contributed by atoms with van der Waals surface area (Å²) < 4.78 is 3.58. The molecule has 24 heavy (non-hydrogen) atoms. The molecule has 1 aliphatic rings. The highest BCUT2D eigenvalue weighted by Crippen LogP contribution is 2.30. The molecule has 7 nitrogen and oxygen atoms in total. The van der Waals surface area contributed by atoms with Gasteiger partial charge < -0.3 is 4.90 Å². The van der Waals surface area contributed by atoms with Crippen LogP contribution in [0.1, 0.15) is 36.6 Å². The summed E-state index contributed by atoms with van der Waals surface area (Å²) in [5, 5.41) is 4.22. The van der Waals surface area contributed by atoms with E-state index in [9.17, 15) is 4.79 Å². The summed E-state index contributed by atoms with van der Waals surface area (Å²) in [5.74, 6) is 0.765. The zero-order chi connectivity index (χ0) is 16.5. The fourth-order valence-corrected chi connectivity index (χ4v) is 3.32. The first-order valence-electron chi connectivity index (χ1n) is 8.29. The molecule has 3 aromatic heterocycles. The Hall–Kier alpha value is -2.70. The third-order valence-corrected chi connectivity index (χ3v) is 4.51. The van der Waals surface area contributed by atoms with Gasteiger partial charge in [-0.3, -0.25) is 13.9 Å². The number of carbonyl (C=O) groups excluding carboxylic acids is 1. The highest BCUT2D eigenvalue weighted by Gasteiger charge is 2.29. The summed E-state index contributed by atoms with van der Waals surface area (Å²) in [6.07, 6.45) is 12.3. The van der Waals surface area contributed by atoms with Crippen molar-refractivity contribution in [1.29, 1.82) is 0 Å². The van der Waals surface area contributed by atoms with Crippen LogP contribution < -0.4 is 0 Å². The van der Waals surface area contributed by atoms with E-state index in [1.54, 1.807) is 17.1 Å². The summed E-state index contributed by atoms with van der Waals surface area (Å²) in [6.45, 7) is 3.02. The van der Waals surface area contributed by atoms with Gasteiger partial charge in [0.15, 0.2) is 0 Å². The van der Waals surface area contributed by atoms with Gasteiger partial charge in [0.05, 0.1) is 17.9 Å². The van der Waals surface area contributed by atoms with Crippen LogP contribution in [0, 0.1) is 6.92 Å². The van der Waals surface area contributed by atoms with E-state index in [4.69, 9.17) is 0 Å². The van der Waals surface area contributed by atoms with Gasteiger partial charge in [-0.1, -0.05) is 0 Å². The Morgan fingerprint density at radius 1 is 1.33 bits per heavy atom. The fraction of sp³-hybridized carbons (Fsp3) is 0.412. The van der Waals surface area contributed by atoms with Crippen molar-refractivity contribution in [1.82, 2.24) is 29.0 Å². The van der Waals surface area contributed by atoms with Gasteiger partial charge in [-0.2, -0.15) is 5.10 Å². The SMILES string of the molecule is Cc1cnn(CC(=O)N2CCCCC2c2ccn3ccnc3n2)c1. The van der Waals surface area contributed by atoms with E-state index in [0.29, 0.717) is 5.78 Å². The Bertz CT molecular complexity index is 867. The minimum absolute atomic E-state index is 0.0182. The minimum atomic E-state index is 0.0182. The van der Waals surface area contributed by atoms with Crippen molar-refractivity contribution in [3.05, 3.63) is 48.3 Å². The fourth-order valence-electron chi connectivity index (χ4n) is 3.32. The van der Waals surface area contributed by atoms with Crippen LogP contribution in [-0.4, -0.2) is 41.5 Å². The number of aromatic nitrogens is 5. The second-order valence-electron chi connectivity index (χ2n) is 6.30. The molecule has 0 spiro atoms. The molecule has 0 aromatic carbocycles. The summed E-state index contributed by atoms with van der Waals surface area (Å²) >= 11 is 0. The minimum Gasteiger partial charge on any atom is -0.332 e. The van der Waals surface area contributed by atoms with Crippen LogP contribution >= 0.6 is 0 Å². The Morgan fingerprint density at radius 3 is 3.08 bits per heavy atom. The highest BCUT2D eigenvalue weighted by molar-refractivity contribution is 5.76. The first-order valence-corrected chi connectivity index (χ1v) is 8.29. The quantitative estimate of drug-likeness (QED) is 0.739. The second-order valence-corrected chi connectivity index (χ2v) is 6.30. The summed E-state index contributed by atoms with van der Waals surface area (Å²) in [4.78, 5) is 23.6. The third-order valence-electron chi connectivity index (χ3n) is 4.51. The molecule has 1 aliphatic heterocycles. The Labute approximate surface area is 139 Å². The van der Waals surface area contributed by atoms with E-state index in [-0.39, 0.29) is 18.5 Å².